The Morgan fingerprint density at radius 2 is 2.12 bits per heavy atom. The van der Waals surface area contributed by atoms with Crippen molar-refractivity contribution in [2.24, 2.45) is 11.8 Å². The smallest absolute Gasteiger partial charge is 0.230 e. The summed E-state index contributed by atoms with van der Waals surface area (Å²) in [6.45, 7) is 2.29. The van der Waals surface area contributed by atoms with Crippen molar-refractivity contribution in [3.05, 3.63) is 42.0 Å². The average Bonchev–Trinajstić information content (AvgIpc) is 3.22. The van der Waals surface area contributed by atoms with E-state index in [-0.39, 0.29) is 11.9 Å². The van der Waals surface area contributed by atoms with Crippen molar-refractivity contribution in [3.8, 4) is 5.75 Å². The first-order chi connectivity index (χ1) is 11.5. The predicted molar refractivity (Wildman–Crippen MR) is 81.9 cm³/mol. The molecule has 3 aliphatic heterocycles. The first-order valence-corrected chi connectivity index (χ1v) is 7.99. The van der Waals surface area contributed by atoms with Gasteiger partial charge in [-0.25, -0.2) is 0 Å². The van der Waals surface area contributed by atoms with Crippen LogP contribution in [0.2, 0.25) is 0 Å². The molecule has 126 valence electrons. The SMILES string of the molecule is COc1ccc([C@@H](C)N2C[C@@]34C=C[C@H](O3)[C@@H](C(=O)[O-])[C@H]4C2=O)cc1. The van der Waals surface area contributed by atoms with Gasteiger partial charge in [-0.3, -0.25) is 4.79 Å². The lowest BCUT2D eigenvalue weighted by Gasteiger charge is -2.28. The summed E-state index contributed by atoms with van der Waals surface area (Å²) in [6, 6.07) is 7.33. The molecule has 3 heterocycles. The highest BCUT2D eigenvalue weighted by molar-refractivity contribution is 5.90. The van der Waals surface area contributed by atoms with Crippen molar-refractivity contribution in [1.29, 1.82) is 0 Å². The van der Waals surface area contributed by atoms with Gasteiger partial charge in [0.05, 0.1) is 31.7 Å². The number of carboxylic acids is 1. The van der Waals surface area contributed by atoms with E-state index in [1.165, 1.54) is 0 Å². The molecule has 2 fully saturated rings. The summed E-state index contributed by atoms with van der Waals surface area (Å²) >= 11 is 0. The fraction of sp³-hybridized carbons (Fsp3) is 0.444. The lowest BCUT2D eigenvalue weighted by atomic mass is 9.77. The van der Waals surface area contributed by atoms with Crippen LogP contribution < -0.4 is 9.84 Å². The van der Waals surface area contributed by atoms with Crippen molar-refractivity contribution in [2.75, 3.05) is 13.7 Å². The van der Waals surface area contributed by atoms with E-state index in [9.17, 15) is 14.7 Å². The van der Waals surface area contributed by atoms with Gasteiger partial charge < -0.3 is 24.3 Å². The fourth-order valence-corrected chi connectivity index (χ4v) is 4.19. The number of amides is 1. The van der Waals surface area contributed by atoms with E-state index in [2.05, 4.69) is 0 Å². The minimum absolute atomic E-state index is 0.179. The van der Waals surface area contributed by atoms with E-state index in [1.54, 1.807) is 18.1 Å². The Bertz CT molecular complexity index is 727. The van der Waals surface area contributed by atoms with Crippen molar-refractivity contribution in [2.45, 2.75) is 24.7 Å². The summed E-state index contributed by atoms with van der Waals surface area (Å²) in [5.74, 6) is -2.26. The molecular formula is C18H18NO5-. The number of carboxylic acid groups (broad SMARTS) is 1. The van der Waals surface area contributed by atoms with Gasteiger partial charge >= 0.3 is 0 Å². The van der Waals surface area contributed by atoms with Gasteiger partial charge in [0.2, 0.25) is 5.91 Å². The van der Waals surface area contributed by atoms with Gasteiger partial charge in [-0.2, -0.15) is 0 Å². The lowest BCUT2D eigenvalue weighted by molar-refractivity contribution is -0.313. The van der Waals surface area contributed by atoms with Gasteiger partial charge in [-0.15, -0.1) is 0 Å². The average molecular weight is 328 g/mol. The van der Waals surface area contributed by atoms with Gasteiger partial charge in [-0.1, -0.05) is 24.3 Å². The van der Waals surface area contributed by atoms with Gasteiger partial charge in [0.1, 0.15) is 11.4 Å². The van der Waals surface area contributed by atoms with Gasteiger partial charge in [0.25, 0.3) is 0 Å². The highest BCUT2D eigenvalue weighted by Gasteiger charge is 2.65. The van der Waals surface area contributed by atoms with Crippen LogP contribution in [0.5, 0.6) is 5.75 Å². The minimum Gasteiger partial charge on any atom is -0.550 e. The Hall–Kier alpha value is -2.34. The molecule has 0 aromatic heterocycles. The zero-order valence-corrected chi connectivity index (χ0v) is 13.5. The quantitative estimate of drug-likeness (QED) is 0.742. The molecule has 0 saturated carbocycles. The topological polar surface area (TPSA) is 78.9 Å². The number of aliphatic carboxylic acids is 1. The van der Waals surface area contributed by atoms with Crippen LogP contribution in [0.1, 0.15) is 18.5 Å². The molecule has 3 aliphatic rings. The standard InChI is InChI=1S/C18H19NO5/c1-10(11-3-5-12(23-2)6-4-11)19-9-18-8-7-13(24-18)14(17(21)22)15(18)16(19)20/h3-8,10,13-15H,9H2,1-2H3,(H,21,22)/p-1/t10-,13+,14-,15+,18-/m1/s1. The largest absolute Gasteiger partial charge is 0.550 e. The summed E-state index contributed by atoms with van der Waals surface area (Å²) < 4.78 is 11.0. The highest BCUT2D eigenvalue weighted by atomic mass is 16.5. The van der Waals surface area contributed by atoms with Crippen LogP contribution in [-0.4, -0.2) is 42.1 Å². The second-order valence-electron chi connectivity index (χ2n) is 6.63. The number of ether oxygens (including phenoxy) is 2. The summed E-state index contributed by atoms with van der Waals surface area (Å²) in [6.07, 6.45) is 3.04. The first kappa shape index (κ1) is 15.2. The number of benzene rings is 1. The Morgan fingerprint density at radius 3 is 2.75 bits per heavy atom. The normalized spacial score (nSPS) is 34.5. The number of hydrogen-bond acceptors (Lipinski definition) is 5. The molecule has 0 N–H and O–H groups in total. The molecule has 5 atom stereocenters. The molecule has 0 unspecified atom stereocenters. The lowest BCUT2D eigenvalue weighted by Crippen LogP contribution is -2.45. The number of hydrogen-bond donors (Lipinski definition) is 0. The van der Waals surface area contributed by atoms with Crippen molar-refractivity contribution in [3.63, 3.8) is 0 Å². The molecule has 6 nitrogen and oxygen atoms in total. The van der Waals surface area contributed by atoms with E-state index in [0.717, 1.165) is 11.3 Å². The maximum atomic E-state index is 12.9. The Balaban J connectivity index is 1.63. The van der Waals surface area contributed by atoms with E-state index in [1.807, 2.05) is 37.3 Å². The van der Waals surface area contributed by atoms with Gasteiger partial charge in [0, 0.05) is 11.9 Å². The summed E-state index contributed by atoms with van der Waals surface area (Å²) in [7, 11) is 1.60. The zero-order valence-electron chi connectivity index (χ0n) is 13.5. The van der Waals surface area contributed by atoms with E-state index in [0.29, 0.717) is 6.54 Å². The van der Waals surface area contributed by atoms with Crippen molar-refractivity contribution < 1.29 is 24.2 Å². The van der Waals surface area contributed by atoms with Crippen LogP contribution in [-0.2, 0) is 14.3 Å². The molecule has 0 aliphatic carbocycles. The predicted octanol–water partition coefficient (Wildman–Crippen LogP) is 0.288. The van der Waals surface area contributed by atoms with Crippen LogP contribution in [0.15, 0.2) is 36.4 Å². The number of likely N-dealkylation sites (tertiary alicyclic amines) is 1. The number of fused-ring (bicyclic) bond motifs is 1. The number of carbonyl (C=O) groups is 2. The molecule has 2 bridgehead atoms. The summed E-state index contributed by atoms with van der Waals surface area (Å²) in [4.78, 5) is 26.1. The third-order valence-electron chi connectivity index (χ3n) is 5.47. The molecule has 1 aromatic carbocycles. The van der Waals surface area contributed by atoms with Crippen LogP contribution in [0.3, 0.4) is 0 Å². The van der Waals surface area contributed by atoms with Gasteiger partial charge in [-0.05, 0) is 24.6 Å². The maximum absolute atomic E-state index is 12.9. The summed E-state index contributed by atoms with van der Waals surface area (Å²) in [5, 5.41) is 11.5. The number of methoxy groups -OCH3 is 1. The third kappa shape index (κ3) is 1.92. The van der Waals surface area contributed by atoms with Crippen molar-refractivity contribution in [1.82, 2.24) is 4.90 Å². The second-order valence-corrected chi connectivity index (χ2v) is 6.63. The zero-order chi connectivity index (χ0) is 17.1. The van der Waals surface area contributed by atoms with E-state index < -0.39 is 29.5 Å². The van der Waals surface area contributed by atoms with E-state index >= 15 is 0 Å². The number of nitrogens with zero attached hydrogens (tertiary/aromatic N) is 1. The molecule has 4 rings (SSSR count). The van der Waals surface area contributed by atoms with Gasteiger partial charge in [0.15, 0.2) is 0 Å². The molecular weight excluding hydrogens is 310 g/mol. The summed E-state index contributed by atoms with van der Waals surface area (Å²) in [5.41, 5.74) is 0.136. The van der Waals surface area contributed by atoms with Crippen LogP contribution in [0.4, 0.5) is 0 Å². The minimum atomic E-state index is -1.22. The maximum Gasteiger partial charge on any atom is 0.230 e. The van der Waals surface area contributed by atoms with Crippen LogP contribution in [0, 0.1) is 11.8 Å². The first-order valence-electron chi connectivity index (χ1n) is 7.99. The van der Waals surface area contributed by atoms with Crippen LogP contribution in [0.25, 0.3) is 0 Å². The Morgan fingerprint density at radius 1 is 1.42 bits per heavy atom. The second kappa shape index (κ2) is 5.08. The Labute approximate surface area is 139 Å². The highest BCUT2D eigenvalue weighted by Crippen LogP contribution is 2.53. The molecule has 1 amide bonds. The molecule has 6 heteroatoms. The molecule has 24 heavy (non-hydrogen) atoms. The molecule has 1 spiro atoms. The number of carbonyl (C=O) groups excluding carboxylic acids is 2. The molecule has 2 saturated heterocycles. The third-order valence-corrected chi connectivity index (χ3v) is 5.47. The fourth-order valence-electron chi connectivity index (χ4n) is 4.19. The monoisotopic (exact) mass is 328 g/mol. The van der Waals surface area contributed by atoms with Crippen LogP contribution >= 0.6 is 0 Å². The molecule has 1 aromatic rings. The van der Waals surface area contributed by atoms with Crippen molar-refractivity contribution >= 4 is 11.9 Å². The Kier molecular flexibility index (Phi) is 3.22. The van der Waals surface area contributed by atoms with E-state index in [4.69, 9.17) is 9.47 Å². The molecule has 0 radical (unpaired) electrons. The number of rotatable bonds is 4.